The van der Waals surface area contributed by atoms with E-state index in [0.29, 0.717) is 41.7 Å². The number of aromatic nitrogens is 2. The number of nitrogens with zero attached hydrogens (tertiary/aromatic N) is 4. The topological polar surface area (TPSA) is 111 Å². The van der Waals surface area contributed by atoms with E-state index >= 15 is 0 Å². The first-order valence-electron chi connectivity index (χ1n) is 9.25. The number of fused-ring (bicyclic) bond motifs is 1. The van der Waals surface area contributed by atoms with Gasteiger partial charge in [-0.2, -0.15) is 18.4 Å². The Bertz CT molecular complexity index is 1060. The van der Waals surface area contributed by atoms with Gasteiger partial charge in [-0.1, -0.05) is 0 Å². The van der Waals surface area contributed by atoms with Crippen LogP contribution in [0.5, 0.6) is 0 Å². The molecule has 1 fully saturated rings. The zero-order chi connectivity index (χ0) is 22.1. The summed E-state index contributed by atoms with van der Waals surface area (Å²) in [7, 11) is 1.59. The maximum Gasteiger partial charge on any atom is 0.471 e. The first-order valence-corrected chi connectivity index (χ1v) is 9.25. The van der Waals surface area contributed by atoms with Crippen LogP contribution in [0, 0.1) is 17.2 Å². The quantitative estimate of drug-likeness (QED) is 0.717. The van der Waals surface area contributed by atoms with Crippen LogP contribution in [0.4, 0.5) is 13.2 Å². The van der Waals surface area contributed by atoms with E-state index in [9.17, 15) is 33.1 Å². The van der Waals surface area contributed by atoms with Crippen LogP contribution in [0.1, 0.15) is 11.1 Å². The summed E-state index contributed by atoms with van der Waals surface area (Å²) in [5.41, 5.74) is 1.86. The molecular formula is C19H20F3N5O3. The molecule has 8 nitrogen and oxygen atoms in total. The molecule has 2 atom stereocenters. The Hall–Kier alpha value is -2.97. The highest BCUT2D eigenvalue weighted by Gasteiger charge is 2.40. The molecule has 3 heterocycles. The summed E-state index contributed by atoms with van der Waals surface area (Å²) in [5.74, 6) is -2.57. The number of aliphatic hydroxyl groups is 1. The molecule has 160 valence electrons. The number of β-amino-alcohol motifs (C(OH)–C–C–N with tert-alkyl or cyclic N) is 1. The molecule has 0 aliphatic carbocycles. The number of nitrogens with one attached hydrogen (secondary N) is 1. The minimum absolute atomic E-state index is 0.233. The summed E-state index contributed by atoms with van der Waals surface area (Å²) in [6.45, 7) is 0.656. The maximum absolute atomic E-state index is 12.3. The highest BCUT2D eigenvalue weighted by molar-refractivity contribution is 5.81. The zero-order valence-electron chi connectivity index (χ0n) is 16.1. The van der Waals surface area contributed by atoms with Gasteiger partial charge in [-0.25, -0.2) is 0 Å². The Morgan fingerprint density at radius 2 is 2.13 bits per heavy atom. The van der Waals surface area contributed by atoms with E-state index in [2.05, 4.69) is 11.1 Å². The molecule has 30 heavy (non-hydrogen) atoms. The van der Waals surface area contributed by atoms with Crippen LogP contribution in [0.15, 0.2) is 23.1 Å². The van der Waals surface area contributed by atoms with Crippen LogP contribution < -0.4 is 10.9 Å². The van der Waals surface area contributed by atoms with Crippen molar-refractivity contribution in [2.45, 2.75) is 18.7 Å². The lowest BCUT2D eigenvalue weighted by atomic mass is 10.0. The van der Waals surface area contributed by atoms with Gasteiger partial charge in [0.25, 0.3) is 5.56 Å². The number of carbonyl (C=O) groups is 1. The first kappa shape index (κ1) is 21.7. The third-order valence-electron chi connectivity index (χ3n) is 5.30. The Kier molecular flexibility index (Phi) is 6.09. The summed E-state index contributed by atoms with van der Waals surface area (Å²) in [4.78, 5) is 29.1. The van der Waals surface area contributed by atoms with Gasteiger partial charge in [-0.3, -0.25) is 19.5 Å². The molecule has 2 aromatic heterocycles. The second-order valence-electron chi connectivity index (χ2n) is 7.27. The fourth-order valence-corrected chi connectivity index (χ4v) is 3.69. The standard InChI is InChI=1S/C19H20F3N5O3/c1-26-16(29)3-2-14-17(26)13(11(6-23)7-24-14)4-5-27-9-12(15(28)10-27)8-25-18(30)19(20,21)22/h2-3,7,12,15,28H,4-5,8-10H2,1H3,(H,25,30)/t12-,15+/m0/s1. The number of rotatable bonds is 5. The zero-order valence-corrected chi connectivity index (χ0v) is 16.1. The Morgan fingerprint density at radius 1 is 1.40 bits per heavy atom. The van der Waals surface area contributed by atoms with Gasteiger partial charge >= 0.3 is 12.1 Å². The lowest BCUT2D eigenvalue weighted by Gasteiger charge is -2.18. The normalized spacial score (nSPS) is 19.7. The van der Waals surface area contributed by atoms with E-state index in [-0.39, 0.29) is 18.6 Å². The highest BCUT2D eigenvalue weighted by Crippen LogP contribution is 2.22. The molecule has 0 unspecified atom stereocenters. The highest BCUT2D eigenvalue weighted by atomic mass is 19.4. The Labute approximate surface area is 169 Å². The average Bonchev–Trinajstić information content (AvgIpc) is 3.05. The molecule has 0 aromatic carbocycles. The number of amides is 1. The molecule has 2 aromatic rings. The predicted molar refractivity (Wildman–Crippen MR) is 100 cm³/mol. The van der Waals surface area contributed by atoms with Crippen molar-refractivity contribution in [3.63, 3.8) is 0 Å². The molecule has 3 rings (SSSR count). The predicted octanol–water partition coefficient (Wildman–Crippen LogP) is 0.319. The van der Waals surface area contributed by atoms with E-state index in [1.54, 1.807) is 18.4 Å². The minimum atomic E-state index is -4.96. The van der Waals surface area contributed by atoms with E-state index < -0.39 is 24.1 Å². The minimum Gasteiger partial charge on any atom is -0.391 e. The number of nitriles is 1. The summed E-state index contributed by atoms with van der Waals surface area (Å²) in [6, 6.07) is 5.05. The second-order valence-corrected chi connectivity index (χ2v) is 7.27. The van der Waals surface area contributed by atoms with Crippen molar-refractivity contribution in [1.29, 1.82) is 5.26 Å². The summed E-state index contributed by atoms with van der Waals surface area (Å²) in [6.07, 6.45) is -4.02. The van der Waals surface area contributed by atoms with Gasteiger partial charge in [0, 0.05) is 51.4 Å². The number of alkyl halides is 3. The lowest BCUT2D eigenvalue weighted by Crippen LogP contribution is -2.41. The van der Waals surface area contributed by atoms with Crippen molar-refractivity contribution < 1.29 is 23.1 Å². The molecule has 1 aliphatic heterocycles. The molecule has 1 aliphatic rings. The summed E-state index contributed by atoms with van der Waals surface area (Å²) in [5, 5.41) is 21.4. The number of hydrogen-bond acceptors (Lipinski definition) is 6. The maximum atomic E-state index is 12.3. The number of carbonyl (C=O) groups excluding carboxylic acids is 1. The first-order chi connectivity index (χ1) is 14.1. The van der Waals surface area contributed by atoms with Crippen LogP contribution in [0.2, 0.25) is 0 Å². The average molecular weight is 423 g/mol. The lowest BCUT2D eigenvalue weighted by molar-refractivity contribution is -0.173. The van der Waals surface area contributed by atoms with E-state index in [4.69, 9.17) is 0 Å². The van der Waals surface area contributed by atoms with Crippen molar-refractivity contribution in [2.75, 3.05) is 26.2 Å². The van der Waals surface area contributed by atoms with E-state index in [1.807, 2.05) is 4.90 Å². The van der Waals surface area contributed by atoms with Crippen molar-refractivity contribution in [3.8, 4) is 6.07 Å². The molecule has 1 amide bonds. The smallest absolute Gasteiger partial charge is 0.391 e. The molecule has 2 N–H and O–H groups in total. The third kappa shape index (κ3) is 4.44. The summed E-state index contributed by atoms with van der Waals surface area (Å²) >= 11 is 0. The van der Waals surface area contributed by atoms with Crippen LogP contribution in [-0.2, 0) is 18.3 Å². The SMILES string of the molecule is Cn1c(=O)ccc2ncc(C#N)c(CCN3C[C@H](CNC(=O)C(F)(F)F)[C@H](O)C3)c21. The van der Waals surface area contributed by atoms with Gasteiger partial charge in [0.05, 0.1) is 22.7 Å². The summed E-state index contributed by atoms with van der Waals surface area (Å²) < 4.78 is 38.4. The largest absolute Gasteiger partial charge is 0.471 e. The van der Waals surface area contributed by atoms with Gasteiger partial charge in [0.1, 0.15) is 6.07 Å². The number of aliphatic hydroxyl groups excluding tert-OH is 1. The van der Waals surface area contributed by atoms with Crippen molar-refractivity contribution >= 4 is 16.9 Å². The van der Waals surface area contributed by atoms with Crippen LogP contribution >= 0.6 is 0 Å². The van der Waals surface area contributed by atoms with Crippen LogP contribution in [0.3, 0.4) is 0 Å². The van der Waals surface area contributed by atoms with Crippen LogP contribution in [0.25, 0.3) is 11.0 Å². The van der Waals surface area contributed by atoms with Crippen LogP contribution in [-0.4, -0.2) is 63.9 Å². The van der Waals surface area contributed by atoms with Gasteiger partial charge in [-0.15, -0.1) is 0 Å². The second kappa shape index (κ2) is 8.41. The molecule has 0 bridgehead atoms. The van der Waals surface area contributed by atoms with E-state index in [0.717, 1.165) is 0 Å². The van der Waals surface area contributed by atoms with Crippen molar-refractivity contribution in [3.05, 3.63) is 39.8 Å². The number of pyridine rings is 2. The molecule has 1 saturated heterocycles. The Balaban J connectivity index is 1.71. The van der Waals surface area contributed by atoms with Gasteiger partial charge in [-0.05, 0) is 18.1 Å². The third-order valence-corrected chi connectivity index (χ3v) is 5.30. The number of hydrogen-bond donors (Lipinski definition) is 2. The Morgan fingerprint density at radius 3 is 2.80 bits per heavy atom. The van der Waals surface area contributed by atoms with Gasteiger partial charge in [0.15, 0.2) is 0 Å². The number of likely N-dealkylation sites (tertiary alicyclic amines) is 1. The molecule has 0 radical (unpaired) electrons. The van der Waals surface area contributed by atoms with Crippen molar-refractivity contribution in [1.82, 2.24) is 19.8 Å². The van der Waals surface area contributed by atoms with E-state index in [1.165, 1.54) is 16.8 Å². The van der Waals surface area contributed by atoms with Crippen molar-refractivity contribution in [2.24, 2.45) is 13.0 Å². The number of halogens is 3. The van der Waals surface area contributed by atoms with Gasteiger partial charge in [0.2, 0.25) is 0 Å². The molecule has 0 saturated carbocycles. The monoisotopic (exact) mass is 423 g/mol. The fraction of sp³-hybridized carbons (Fsp3) is 0.474. The molecule has 0 spiro atoms. The fourth-order valence-electron chi connectivity index (χ4n) is 3.69. The van der Waals surface area contributed by atoms with Gasteiger partial charge < -0.3 is 15.0 Å². The number of aryl methyl sites for hydroxylation is 1. The molecule has 11 heteroatoms. The molecular weight excluding hydrogens is 403 g/mol.